The van der Waals surface area contributed by atoms with Crippen molar-refractivity contribution in [1.82, 2.24) is 5.32 Å². The third-order valence-corrected chi connectivity index (χ3v) is 1.79. The smallest absolute Gasteiger partial charge is 0.0703 e. The summed E-state index contributed by atoms with van der Waals surface area (Å²) in [4.78, 5) is 0. The normalized spacial score (nSPS) is 13.5. The van der Waals surface area contributed by atoms with Crippen LogP contribution in [0.1, 0.15) is 34.1 Å². The predicted molar refractivity (Wildman–Crippen MR) is 59.7 cm³/mol. The minimum Gasteiger partial charge on any atom is -0.377 e. The van der Waals surface area contributed by atoms with Crippen LogP contribution in [-0.2, 0) is 9.47 Å². The van der Waals surface area contributed by atoms with Crippen LogP contribution in [0.25, 0.3) is 0 Å². The highest BCUT2D eigenvalue weighted by molar-refractivity contribution is 4.57. The van der Waals surface area contributed by atoms with Crippen molar-refractivity contribution in [3.8, 4) is 0 Å². The molecule has 0 fully saturated rings. The molecular formula is C11H25NO2. The van der Waals surface area contributed by atoms with Gasteiger partial charge >= 0.3 is 0 Å². The summed E-state index contributed by atoms with van der Waals surface area (Å²) in [6.45, 7) is 11.6. The van der Waals surface area contributed by atoms with Gasteiger partial charge in [-0.2, -0.15) is 0 Å². The molecule has 0 heterocycles. The predicted octanol–water partition coefficient (Wildman–Crippen LogP) is 1.82. The second-order valence-corrected chi connectivity index (χ2v) is 3.85. The van der Waals surface area contributed by atoms with Crippen LogP contribution in [0.3, 0.4) is 0 Å². The zero-order valence-corrected chi connectivity index (χ0v) is 10.0. The van der Waals surface area contributed by atoms with Crippen LogP contribution in [0.4, 0.5) is 0 Å². The summed E-state index contributed by atoms with van der Waals surface area (Å²) < 4.78 is 10.8. The molecule has 0 saturated carbocycles. The van der Waals surface area contributed by atoms with Crippen molar-refractivity contribution in [2.45, 2.75) is 46.3 Å². The van der Waals surface area contributed by atoms with Gasteiger partial charge in [-0.15, -0.1) is 0 Å². The largest absolute Gasteiger partial charge is 0.377 e. The van der Waals surface area contributed by atoms with Gasteiger partial charge in [0.05, 0.1) is 25.9 Å². The Morgan fingerprint density at radius 2 is 1.86 bits per heavy atom. The van der Waals surface area contributed by atoms with Crippen LogP contribution >= 0.6 is 0 Å². The van der Waals surface area contributed by atoms with Gasteiger partial charge in [0.2, 0.25) is 0 Å². The molecule has 0 aromatic rings. The molecular weight excluding hydrogens is 178 g/mol. The van der Waals surface area contributed by atoms with Gasteiger partial charge in [0.1, 0.15) is 0 Å². The Labute approximate surface area is 88.2 Å². The lowest BCUT2D eigenvalue weighted by Gasteiger charge is -2.14. The van der Waals surface area contributed by atoms with Crippen molar-refractivity contribution in [2.24, 2.45) is 0 Å². The van der Waals surface area contributed by atoms with E-state index in [1.54, 1.807) is 0 Å². The quantitative estimate of drug-likeness (QED) is 0.580. The highest BCUT2D eigenvalue weighted by Crippen LogP contribution is 1.89. The SMILES string of the molecule is CCCNC(C)COCCOC(C)C. The van der Waals surface area contributed by atoms with E-state index in [9.17, 15) is 0 Å². The lowest BCUT2D eigenvalue weighted by molar-refractivity contribution is 0.0151. The molecule has 0 bridgehead atoms. The molecule has 14 heavy (non-hydrogen) atoms. The summed E-state index contributed by atoms with van der Waals surface area (Å²) in [6, 6.07) is 0.439. The van der Waals surface area contributed by atoms with Crippen LogP contribution in [0.2, 0.25) is 0 Å². The number of hydrogen-bond donors (Lipinski definition) is 1. The number of hydrogen-bond acceptors (Lipinski definition) is 3. The summed E-state index contributed by atoms with van der Waals surface area (Å²) in [5, 5.41) is 3.37. The molecule has 1 unspecified atom stereocenters. The fourth-order valence-electron chi connectivity index (χ4n) is 1.05. The molecule has 0 spiro atoms. The standard InChI is InChI=1S/C11H25NO2/c1-5-6-12-11(4)9-13-7-8-14-10(2)3/h10-12H,5-9H2,1-4H3. The van der Waals surface area contributed by atoms with Gasteiger partial charge in [-0.1, -0.05) is 6.92 Å². The number of nitrogens with one attached hydrogen (secondary N) is 1. The lowest BCUT2D eigenvalue weighted by atomic mass is 10.3. The fourth-order valence-corrected chi connectivity index (χ4v) is 1.05. The van der Waals surface area contributed by atoms with Crippen LogP contribution in [0, 0.1) is 0 Å². The molecule has 0 aromatic carbocycles. The summed E-state index contributed by atoms with van der Waals surface area (Å²) in [6.07, 6.45) is 1.47. The molecule has 0 rings (SSSR count). The third kappa shape index (κ3) is 9.96. The maximum absolute atomic E-state index is 5.46. The van der Waals surface area contributed by atoms with Crippen molar-refractivity contribution in [3.05, 3.63) is 0 Å². The van der Waals surface area contributed by atoms with Crippen molar-refractivity contribution >= 4 is 0 Å². The van der Waals surface area contributed by atoms with E-state index in [1.807, 2.05) is 13.8 Å². The monoisotopic (exact) mass is 203 g/mol. The van der Waals surface area contributed by atoms with Crippen molar-refractivity contribution < 1.29 is 9.47 Å². The first kappa shape index (κ1) is 13.9. The van der Waals surface area contributed by atoms with E-state index in [1.165, 1.54) is 6.42 Å². The molecule has 1 atom stereocenters. The zero-order chi connectivity index (χ0) is 10.8. The van der Waals surface area contributed by atoms with Gasteiger partial charge in [0.15, 0.2) is 0 Å². The Morgan fingerprint density at radius 3 is 2.43 bits per heavy atom. The van der Waals surface area contributed by atoms with E-state index in [4.69, 9.17) is 9.47 Å². The molecule has 0 aliphatic rings. The molecule has 3 nitrogen and oxygen atoms in total. The number of rotatable bonds is 9. The van der Waals surface area contributed by atoms with Crippen molar-refractivity contribution in [3.63, 3.8) is 0 Å². The first-order chi connectivity index (χ1) is 6.66. The molecule has 86 valence electrons. The first-order valence-electron chi connectivity index (χ1n) is 5.59. The fraction of sp³-hybridized carbons (Fsp3) is 1.00. The van der Waals surface area contributed by atoms with E-state index in [0.29, 0.717) is 25.4 Å². The minimum atomic E-state index is 0.300. The first-order valence-corrected chi connectivity index (χ1v) is 5.59. The van der Waals surface area contributed by atoms with Gasteiger partial charge in [-0.05, 0) is 33.7 Å². The van der Waals surface area contributed by atoms with Gasteiger partial charge in [0, 0.05) is 6.04 Å². The summed E-state index contributed by atoms with van der Waals surface area (Å²) >= 11 is 0. The Kier molecular flexibility index (Phi) is 9.35. The average Bonchev–Trinajstić information content (AvgIpc) is 2.13. The third-order valence-electron chi connectivity index (χ3n) is 1.79. The lowest BCUT2D eigenvalue weighted by Crippen LogP contribution is -2.31. The molecule has 0 aliphatic carbocycles. The van der Waals surface area contributed by atoms with E-state index in [-0.39, 0.29) is 0 Å². The molecule has 0 aromatic heterocycles. The highest BCUT2D eigenvalue weighted by Gasteiger charge is 1.99. The molecule has 0 radical (unpaired) electrons. The van der Waals surface area contributed by atoms with Crippen molar-refractivity contribution in [2.75, 3.05) is 26.4 Å². The molecule has 0 amide bonds. The maximum Gasteiger partial charge on any atom is 0.0703 e. The van der Waals surface area contributed by atoms with Crippen molar-refractivity contribution in [1.29, 1.82) is 0 Å². The minimum absolute atomic E-state index is 0.300. The van der Waals surface area contributed by atoms with Crippen LogP contribution in [0.5, 0.6) is 0 Å². The second kappa shape index (κ2) is 9.44. The molecule has 1 N–H and O–H groups in total. The Balaban J connectivity index is 3.10. The van der Waals surface area contributed by atoms with Crippen LogP contribution < -0.4 is 5.32 Å². The molecule has 3 heteroatoms. The van der Waals surface area contributed by atoms with Gasteiger partial charge < -0.3 is 14.8 Å². The highest BCUT2D eigenvalue weighted by atomic mass is 16.5. The van der Waals surface area contributed by atoms with Crippen LogP contribution in [-0.4, -0.2) is 38.5 Å². The second-order valence-electron chi connectivity index (χ2n) is 3.85. The molecule has 0 saturated heterocycles. The maximum atomic E-state index is 5.46. The van der Waals surface area contributed by atoms with E-state index >= 15 is 0 Å². The summed E-state index contributed by atoms with van der Waals surface area (Å²) in [7, 11) is 0. The van der Waals surface area contributed by atoms with E-state index < -0.39 is 0 Å². The summed E-state index contributed by atoms with van der Waals surface area (Å²) in [5.41, 5.74) is 0. The Hall–Kier alpha value is -0.120. The average molecular weight is 203 g/mol. The number of ether oxygens (including phenoxy) is 2. The van der Waals surface area contributed by atoms with Gasteiger partial charge in [0.25, 0.3) is 0 Å². The Morgan fingerprint density at radius 1 is 1.14 bits per heavy atom. The summed E-state index contributed by atoms with van der Waals surface area (Å²) in [5.74, 6) is 0. The topological polar surface area (TPSA) is 30.5 Å². The van der Waals surface area contributed by atoms with Gasteiger partial charge in [-0.25, -0.2) is 0 Å². The van der Waals surface area contributed by atoms with Gasteiger partial charge in [-0.3, -0.25) is 0 Å². The van der Waals surface area contributed by atoms with Crippen LogP contribution in [0.15, 0.2) is 0 Å². The molecule has 0 aliphatic heterocycles. The van der Waals surface area contributed by atoms with E-state index in [2.05, 4.69) is 19.2 Å². The van der Waals surface area contributed by atoms with E-state index in [0.717, 1.165) is 13.2 Å². The Bertz CT molecular complexity index is 118. The zero-order valence-electron chi connectivity index (χ0n) is 10.0.